The number of alkyl halides is 3. The van der Waals surface area contributed by atoms with Gasteiger partial charge in [-0.2, -0.15) is 28.7 Å². The number of hydrogen-bond donors (Lipinski definition) is 0. The minimum atomic E-state index is -4.60. The molecule has 0 N–H and O–H groups in total. The van der Waals surface area contributed by atoms with E-state index in [1.54, 1.807) is 35.2 Å². The Hall–Kier alpha value is -3.85. The van der Waals surface area contributed by atoms with Crippen LogP contribution < -0.4 is 4.90 Å². The lowest BCUT2D eigenvalue weighted by molar-refractivity contribution is -0.138. The molecule has 0 unspecified atom stereocenters. The number of fused-ring (bicyclic) bond motifs is 1. The van der Waals surface area contributed by atoms with Crippen molar-refractivity contribution in [3.05, 3.63) is 64.5 Å². The van der Waals surface area contributed by atoms with E-state index in [4.69, 9.17) is 15.0 Å². The van der Waals surface area contributed by atoms with E-state index in [0.29, 0.717) is 29.2 Å². The molecule has 2 aromatic carbocycles. The van der Waals surface area contributed by atoms with Gasteiger partial charge in [0.1, 0.15) is 0 Å². The first kappa shape index (κ1) is 18.5. The lowest BCUT2D eigenvalue weighted by atomic mass is 9.99. The van der Waals surface area contributed by atoms with Crippen LogP contribution in [0.3, 0.4) is 0 Å². The van der Waals surface area contributed by atoms with Crippen LogP contribution in [0, 0.1) is 22.7 Å². The largest absolute Gasteiger partial charge is 0.418 e. The van der Waals surface area contributed by atoms with E-state index in [-0.39, 0.29) is 30.0 Å². The Bertz CT molecular complexity index is 1150. The third kappa shape index (κ3) is 3.39. The molecule has 0 fully saturated rings. The molecule has 0 amide bonds. The molecule has 144 valence electrons. The molecular weight excluding hydrogens is 383 g/mol. The maximum atomic E-state index is 13.5. The van der Waals surface area contributed by atoms with Gasteiger partial charge in [-0.15, -0.1) is 0 Å². The smallest absolute Gasteiger partial charge is 0.363 e. The zero-order valence-electron chi connectivity index (χ0n) is 14.9. The third-order valence-electron chi connectivity index (χ3n) is 4.73. The molecule has 0 spiro atoms. The van der Waals surface area contributed by atoms with E-state index in [0.717, 1.165) is 0 Å². The number of benzene rings is 2. The van der Waals surface area contributed by atoms with E-state index < -0.39 is 11.7 Å². The van der Waals surface area contributed by atoms with Crippen molar-refractivity contribution in [1.29, 1.82) is 10.5 Å². The topological polar surface area (TPSA) is 89.7 Å². The first-order valence-corrected chi connectivity index (χ1v) is 8.62. The predicted molar refractivity (Wildman–Crippen MR) is 95.4 cm³/mol. The summed E-state index contributed by atoms with van der Waals surface area (Å²) < 4.78 is 45.6. The summed E-state index contributed by atoms with van der Waals surface area (Å²) in [6.07, 6.45) is -4.42. The fourth-order valence-corrected chi connectivity index (χ4v) is 3.43. The van der Waals surface area contributed by atoms with Crippen molar-refractivity contribution >= 4 is 5.69 Å². The lowest BCUT2D eigenvalue weighted by Gasteiger charge is -2.19. The minimum Gasteiger partial charge on any atom is -0.363 e. The average Bonchev–Trinajstić information content (AvgIpc) is 3.34. The maximum absolute atomic E-state index is 13.5. The van der Waals surface area contributed by atoms with Gasteiger partial charge in [-0.25, -0.2) is 0 Å². The highest BCUT2D eigenvalue weighted by atomic mass is 19.4. The standard InChI is InChI=1S/C20H12F3N5O/c21-20(22,23)18-14(10-25)5-6-16-15(18)7-8-28(16)11-17-26-19(29-27-17)13-3-1-12(9-24)2-4-13/h1-6H,7-8,11H2. The molecule has 0 aliphatic carbocycles. The van der Waals surface area contributed by atoms with E-state index in [1.807, 2.05) is 6.07 Å². The Kier molecular flexibility index (Phi) is 4.44. The Morgan fingerprint density at radius 1 is 1.07 bits per heavy atom. The minimum absolute atomic E-state index is 0.118. The fourth-order valence-electron chi connectivity index (χ4n) is 3.43. The first-order chi connectivity index (χ1) is 13.9. The van der Waals surface area contributed by atoms with Crippen LogP contribution in [0.1, 0.15) is 28.1 Å². The summed E-state index contributed by atoms with van der Waals surface area (Å²) in [6.45, 7) is 0.532. The van der Waals surface area contributed by atoms with Crippen LogP contribution in [-0.2, 0) is 19.1 Å². The molecule has 9 heteroatoms. The van der Waals surface area contributed by atoms with Crippen molar-refractivity contribution in [1.82, 2.24) is 10.1 Å². The van der Waals surface area contributed by atoms with Gasteiger partial charge in [-0.05, 0) is 48.4 Å². The lowest BCUT2D eigenvalue weighted by Crippen LogP contribution is -2.20. The summed E-state index contributed by atoms with van der Waals surface area (Å²) in [5, 5.41) is 21.8. The van der Waals surface area contributed by atoms with Crippen molar-refractivity contribution < 1.29 is 17.7 Å². The normalized spacial score (nSPS) is 13.1. The molecule has 1 aliphatic heterocycles. The van der Waals surface area contributed by atoms with E-state index >= 15 is 0 Å². The Morgan fingerprint density at radius 2 is 1.83 bits per heavy atom. The van der Waals surface area contributed by atoms with Gasteiger partial charge >= 0.3 is 6.18 Å². The molecule has 0 saturated heterocycles. The summed E-state index contributed by atoms with van der Waals surface area (Å²) in [5.74, 6) is 0.592. The number of hydrogen-bond acceptors (Lipinski definition) is 6. The van der Waals surface area contributed by atoms with Gasteiger partial charge < -0.3 is 9.42 Å². The molecule has 4 rings (SSSR count). The first-order valence-electron chi connectivity index (χ1n) is 8.62. The summed E-state index contributed by atoms with van der Waals surface area (Å²) in [4.78, 5) is 6.04. The number of anilines is 1. The second kappa shape index (κ2) is 6.95. The molecule has 29 heavy (non-hydrogen) atoms. The van der Waals surface area contributed by atoms with Crippen molar-refractivity contribution in [2.24, 2.45) is 0 Å². The van der Waals surface area contributed by atoms with Crippen LogP contribution in [0.15, 0.2) is 40.9 Å². The van der Waals surface area contributed by atoms with Crippen LogP contribution >= 0.6 is 0 Å². The van der Waals surface area contributed by atoms with Crippen LogP contribution in [-0.4, -0.2) is 16.7 Å². The van der Waals surface area contributed by atoms with Gasteiger partial charge in [0.05, 0.1) is 35.4 Å². The highest BCUT2D eigenvalue weighted by Crippen LogP contribution is 2.41. The Labute approximate surface area is 163 Å². The van der Waals surface area contributed by atoms with Crippen molar-refractivity contribution in [2.75, 3.05) is 11.4 Å². The number of nitriles is 2. The summed E-state index contributed by atoms with van der Waals surface area (Å²) in [5.41, 5.74) is 0.433. The predicted octanol–water partition coefficient (Wildman–Crippen LogP) is 4.06. The molecule has 0 atom stereocenters. The molecule has 0 bridgehead atoms. The van der Waals surface area contributed by atoms with Crippen molar-refractivity contribution in [3.63, 3.8) is 0 Å². The maximum Gasteiger partial charge on any atom is 0.418 e. The van der Waals surface area contributed by atoms with Gasteiger partial charge in [0.2, 0.25) is 0 Å². The second-order valence-electron chi connectivity index (χ2n) is 6.47. The van der Waals surface area contributed by atoms with E-state index in [1.165, 1.54) is 12.1 Å². The van der Waals surface area contributed by atoms with E-state index in [2.05, 4.69) is 10.1 Å². The number of aromatic nitrogens is 2. The summed E-state index contributed by atoms with van der Waals surface area (Å²) >= 11 is 0. The van der Waals surface area contributed by atoms with Gasteiger partial charge in [0, 0.05) is 17.8 Å². The molecule has 6 nitrogen and oxygen atoms in total. The highest BCUT2D eigenvalue weighted by molar-refractivity contribution is 5.65. The van der Waals surface area contributed by atoms with Gasteiger partial charge in [-0.3, -0.25) is 0 Å². The van der Waals surface area contributed by atoms with Crippen LogP contribution in [0.25, 0.3) is 11.5 Å². The fraction of sp³-hybridized carbons (Fsp3) is 0.200. The average molecular weight is 395 g/mol. The quantitative estimate of drug-likeness (QED) is 0.664. The zero-order chi connectivity index (χ0) is 20.6. The number of rotatable bonds is 3. The van der Waals surface area contributed by atoms with E-state index in [9.17, 15) is 13.2 Å². The van der Waals surface area contributed by atoms with Crippen molar-refractivity contribution in [3.8, 4) is 23.6 Å². The molecule has 1 aromatic heterocycles. The highest BCUT2D eigenvalue weighted by Gasteiger charge is 2.39. The van der Waals surface area contributed by atoms with Crippen LogP contribution in [0.4, 0.5) is 18.9 Å². The number of halogens is 3. The molecule has 3 aromatic rings. The monoisotopic (exact) mass is 395 g/mol. The van der Waals surface area contributed by atoms with Crippen molar-refractivity contribution in [2.45, 2.75) is 19.1 Å². The second-order valence-corrected chi connectivity index (χ2v) is 6.47. The van der Waals surface area contributed by atoms with Crippen LogP contribution in [0.2, 0.25) is 0 Å². The Balaban J connectivity index is 1.60. The molecule has 0 saturated carbocycles. The van der Waals surface area contributed by atoms with Gasteiger partial charge in [0.15, 0.2) is 5.82 Å². The van der Waals surface area contributed by atoms with Gasteiger partial charge in [0.25, 0.3) is 5.89 Å². The summed E-state index contributed by atoms with van der Waals surface area (Å²) in [6, 6.07) is 13.0. The summed E-state index contributed by atoms with van der Waals surface area (Å²) in [7, 11) is 0. The zero-order valence-corrected chi connectivity index (χ0v) is 14.9. The molecule has 0 radical (unpaired) electrons. The van der Waals surface area contributed by atoms with Crippen LogP contribution in [0.5, 0.6) is 0 Å². The van der Waals surface area contributed by atoms with Gasteiger partial charge in [-0.1, -0.05) is 5.16 Å². The Morgan fingerprint density at radius 3 is 2.48 bits per heavy atom. The SMILES string of the molecule is N#Cc1ccc(-c2nc(CN3CCc4c3ccc(C#N)c4C(F)(F)F)no2)cc1. The molecular formula is C20H12F3N5O. The molecule has 2 heterocycles. The number of nitrogens with zero attached hydrogens (tertiary/aromatic N) is 5. The molecule has 1 aliphatic rings. The third-order valence-corrected chi connectivity index (χ3v) is 4.73.